The predicted octanol–water partition coefficient (Wildman–Crippen LogP) is 15.8. The number of hydrogen-bond acceptors (Lipinski definition) is 6. The topological polar surface area (TPSA) is 78.9 Å². The molecule has 1 atom stereocenters. The van der Waals surface area contributed by atoms with Gasteiger partial charge in [-0.15, -0.1) is 0 Å². The van der Waals surface area contributed by atoms with Crippen molar-refractivity contribution in [2.45, 2.75) is 258 Å². The molecule has 0 aliphatic rings. The molecule has 0 rings (SSSR count). The molecular weight excluding hydrogens is 709 g/mol. The van der Waals surface area contributed by atoms with Gasteiger partial charge in [-0.2, -0.15) is 0 Å². The molecule has 6 nitrogen and oxygen atoms in total. The van der Waals surface area contributed by atoms with Gasteiger partial charge in [0.25, 0.3) is 0 Å². The summed E-state index contributed by atoms with van der Waals surface area (Å²) in [7, 11) is 0. The zero-order valence-corrected chi connectivity index (χ0v) is 37.9. The van der Waals surface area contributed by atoms with Crippen LogP contribution in [0.2, 0.25) is 0 Å². The highest BCUT2D eigenvalue weighted by Crippen LogP contribution is 2.15. The summed E-state index contributed by atoms with van der Waals surface area (Å²) in [5, 5.41) is 0. The first-order valence-electron chi connectivity index (χ1n) is 24.5. The van der Waals surface area contributed by atoms with Crippen molar-refractivity contribution in [1.82, 2.24) is 0 Å². The van der Waals surface area contributed by atoms with E-state index >= 15 is 0 Å². The Morgan fingerprint density at radius 1 is 0.368 bits per heavy atom. The lowest BCUT2D eigenvalue weighted by Crippen LogP contribution is -2.30. The van der Waals surface area contributed by atoms with E-state index in [1.165, 1.54) is 141 Å². The monoisotopic (exact) mass is 801 g/mol. The van der Waals surface area contributed by atoms with Crippen LogP contribution in [0.15, 0.2) is 36.5 Å². The van der Waals surface area contributed by atoms with Crippen molar-refractivity contribution in [1.29, 1.82) is 0 Å². The highest BCUT2D eigenvalue weighted by molar-refractivity contribution is 5.71. The Morgan fingerprint density at radius 2 is 0.684 bits per heavy atom. The normalized spacial score (nSPS) is 12.3. The average molecular weight is 801 g/mol. The molecular formula is C51H92O6. The van der Waals surface area contributed by atoms with Crippen molar-refractivity contribution in [2.24, 2.45) is 0 Å². The van der Waals surface area contributed by atoms with E-state index in [0.29, 0.717) is 19.3 Å². The zero-order chi connectivity index (χ0) is 41.5. The number of rotatable bonds is 44. The van der Waals surface area contributed by atoms with Crippen LogP contribution in [0.5, 0.6) is 0 Å². The summed E-state index contributed by atoms with van der Waals surface area (Å²) in [4.78, 5) is 37.8. The van der Waals surface area contributed by atoms with E-state index in [4.69, 9.17) is 14.2 Å². The van der Waals surface area contributed by atoms with E-state index in [1.807, 2.05) is 0 Å². The van der Waals surface area contributed by atoms with Gasteiger partial charge in [-0.3, -0.25) is 14.4 Å². The van der Waals surface area contributed by atoms with Gasteiger partial charge in [0, 0.05) is 19.3 Å². The van der Waals surface area contributed by atoms with Crippen molar-refractivity contribution in [3.8, 4) is 0 Å². The van der Waals surface area contributed by atoms with E-state index in [0.717, 1.165) is 70.6 Å². The van der Waals surface area contributed by atoms with Crippen LogP contribution in [0.4, 0.5) is 0 Å². The predicted molar refractivity (Wildman–Crippen MR) is 242 cm³/mol. The van der Waals surface area contributed by atoms with E-state index in [-0.39, 0.29) is 31.1 Å². The Hall–Kier alpha value is -2.37. The van der Waals surface area contributed by atoms with Gasteiger partial charge in [-0.1, -0.05) is 231 Å². The van der Waals surface area contributed by atoms with Crippen LogP contribution in [-0.4, -0.2) is 37.2 Å². The highest BCUT2D eigenvalue weighted by atomic mass is 16.6. The maximum atomic E-state index is 12.7. The number of unbranched alkanes of at least 4 members (excludes halogenated alkanes) is 29. The van der Waals surface area contributed by atoms with E-state index in [9.17, 15) is 14.4 Å². The Morgan fingerprint density at radius 3 is 1.05 bits per heavy atom. The van der Waals surface area contributed by atoms with Crippen molar-refractivity contribution in [2.75, 3.05) is 13.2 Å². The summed E-state index contributed by atoms with van der Waals surface area (Å²) in [5.74, 6) is -0.877. The first-order valence-corrected chi connectivity index (χ1v) is 24.5. The standard InChI is InChI=1S/C51H92O6/c1-4-7-10-13-16-19-22-25-26-27-30-32-35-38-41-44-50(53)56-47-48(57-51(54)45-42-39-36-33-29-24-21-18-15-12-9-6-3)46-55-49(52)43-40-37-34-31-28-23-20-17-14-11-8-5-2/h7,10,13,16,19,22,48H,4-6,8-9,11-12,14-15,17-18,20-21,23-47H2,1-3H3/b10-7-,16-13-,22-19-. The second-order valence-electron chi connectivity index (χ2n) is 16.4. The van der Waals surface area contributed by atoms with Gasteiger partial charge in [-0.05, 0) is 38.5 Å². The molecule has 0 aliphatic heterocycles. The molecule has 1 unspecified atom stereocenters. The summed E-state index contributed by atoms with van der Waals surface area (Å²) < 4.78 is 16.8. The van der Waals surface area contributed by atoms with Gasteiger partial charge < -0.3 is 14.2 Å². The molecule has 6 heteroatoms. The zero-order valence-electron chi connectivity index (χ0n) is 37.9. The Kier molecular flexibility index (Phi) is 44.4. The second-order valence-corrected chi connectivity index (χ2v) is 16.4. The van der Waals surface area contributed by atoms with Crippen LogP contribution >= 0.6 is 0 Å². The summed E-state index contributed by atoms with van der Waals surface area (Å²) in [6, 6.07) is 0. The van der Waals surface area contributed by atoms with Crippen LogP contribution in [0, 0.1) is 0 Å². The molecule has 0 spiro atoms. The van der Waals surface area contributed by atoms with E-state index in [2.05, 4.69) is 57.2 Å². The number of ether oxygens (including phenoxy) is 3. The van der Waals surface area contributed by atoms with Crippen LogP contribution in [-0.2, 0) is 28.6 Å². The van der Waals surface area contributed by atoms with Crippen molar-refractivity contribution < 1.29 is 28.6 Å². The highest BCUT2D eigenvalue weighted by Gasteiger charge is 2.19. The third-order valence-corrected chi connectivity index (χ3v) is 10.7. The molecule has 0 N–H and O–H groups in total. The van der Waals surface area contributed by atoms with Gasteiger partial charge in [0.1, 0.15) is 13.2 Å². The van der Waals surface area contributed by atoms with Crippen molar-refractivity contribution in [3.63, 3.8) is 0 Å². The van der Waals surface area contributed by atoms with Gasteiger partial charge >= 0.3 is 17.9 Å². The van der Waals surface area contributed by atoms with Crippen molar-refractivity contribution in [3.05, 3.63) is 36.5 Å². The molecule has 0 heterocycles. The second kappa shape index (κ2) is 46.3. The van der Waals surface area contributed by atoms with Crippen LogP contribution < -0.4 is 0 Å². The van der Waals surface area contributed by atoms with Gasteiger partial charge in [0.05, 0.1) is 0 Å². The molecule has 57 heavy (non-hydrogen) atoms. The van der Waals surface area contributed by atoms with Gasteiger partial charge in [-0.25, -0.2) is 0 Å². The molecule has 0 aromatic carbocycles. The minimum atomic E-state index is -0.770. The quantitative estimate of drug-likeness (QED) is 0.0264. The van der Waals surface area contributed by atoms with E-state index in [1.54, 1.807) is 0 Å². The largest absolute Gasteiger partial charge is 0.462 e. The van der Waals surface area contributed by atoms with Gasteiger partial charge in [0.15, 0.2) is 6.10 Å². The fourth-order valence-corrected chi connectivity index (χ4v) is 7.03. The molecule has 0 fully saturated rings. The molecule has 0 saturated heterocycles. The summed E-state index contributed by atoms with van der Waals surface area (Å²) in [5.41, 5.74) is 0. The molecule has 332 valence electrons. The SMILES string of the molecule is CC\C=C/C=C\C=C/CCCCCCCCCC(=O)OCC(COC(=O)CCCCCCCCCCCCCC)OC(=O)CCCCCCCCCCCCCC. The average Bonchev–Trinajstić information content (AvgIpc) is 3.21. The van der Waals surface area contributed by atoms with Gasteiger partial charge in [0.2, 0.25) is 0 Å². The van der Waals surface area contributed by atoms with Crippen LogP contribution in [0.3, 0.4) is 0 Å². The third kappa shape index (κ3) is 44.6. The smallest absolute Gasteiger partial charge is 0.306 e. The first-order chi connectivity index (χ1) is 28.0. The van der Waals surface area contributed by atoms with Crippen LogP contribution in [0.25, 0.3) is 0 Å². The lowest BCUT2D eigenvalue weighted by atomic mass is 10.0. The molecule has 0 aromatic rings. The number of carbonyl (C=O) groups excluding carboxylic acids is 3. The molecule has 0 bridgehead atoms. The fraction of sp³-hybridized carbons (Fsp3) is 0.824. The minimum Gasteiger partial charge on any atom is -0.462 e. The molecule has 0 radical (unpaired) electrons. The van der Waals surface area contributed by atoms with Crippen molar-refractivity contribution >= 4 is 17.9 Å². The molecule has 0 aromatic heterocycles. The lowest BCUT2D eigenvalue weighted by molar-refractivity contribution is -0.167. The first kappa shape index (κ1) is 54.6. The Bertz CT molecular complexity index is 969. The number of carbonyl (C=O) groups is 3. The molecule has 0 amide bonds. The van der Waals surface area contributed by atoms with Crippen LogP contribution in [0.1, 0.15) is 252 Å². The number of allylic oxidation sites excluding steroid dienone is 6. The third-order valence-electron chi connectivity index (χ3n) is 10.7. The molecule has 0 saturated carbocycles. The lowest BCUT2D eigenvalue weighted by Gasteiger charge is -2.18. The summed E-state index contributed by atoms with van der Waals surface area (Å²) >= 11 is 0. The summed E-state index contributed by atoms with van der Waals surface area (Å²) in [6.45, 7) is 6.50. The van der Waals surface area contributed by atoms with E-state index < -0.39 is 6.10 Å². The molecule has 0 aliphatic carbocycles. The number of hydrogen-bond donors (Lipinski definition) is 0. The fourth-order valence-electron chi connectivity index (χ4n) is 7.03. The summed E-state index contributed by atoms with van der Waals surface area (Å²) in [6.07, 6.45) is 52.6. The Labute approximate surface area is 353 Å². The number of esters is 3. The maximum absolute atomic E-state index is 12.7. The maximum Gasteiger partial charge on any atom is 0.306 e. The minimum absolute atomic E-state index is 0.0721. The Balaban J connectivity index is 4.36.